The van der Waals surface area contributed by atoms with Gasteiger partial charge in [-0.05, 0) is 6.07 Å². The summed E-state index contributed by atoms with van der Waals surface area (Å²) in [6.45, 7) is 4.36. The molecule has 0 aliphatic rings. The molecule has 56 valence electrons. The van der Waals surface area contributed by atoms with Crippen molar-refractivity contribution in [1.29, 1.82) is 0 Å². The summed E-state index contributed by atoms with van der Waals surface area (Å²) in [5, 5.41) is 3.47. The molecule has 0 aromatic carbocycles. The summed E-state index contributed by atoms with van der Waals surface area (Å²) >= 11 is 9.30. The SMILES string of the molecule is CC(C)Sc1cc(Cl)cs1. The first-order valence-corrected chi connectivity index (χ1v) is 5.23. The van der Waals surface area contributed by atoms with E-state index in [-0.39, 0.29) is 0 Å². The van der Waals surface area contributed by atoms with Crippen LogP contribution in [0.2, 0.25) is 5.02 Å². The Morgan fingerprint density at radius 3 is 2.70 bits per heavy atom. The lowest BCUT2D eigenvalue weighted by Gasteiger charge is -1.98. The average Bonchev–Trinajstić information content (AvgIpc) is 2.13. The lowest BCUT2D eigenvalue weighted by Crippen LogP contribution is -1.81. The van der Waals surface area contributed by atoms with Gasteiger partial charge in [-0.1, -0.05) is 25.4 Å². The van der Waals surface area contributed by atoms with Gasteiger partial charge in [-0.15, -0.1) is 23.1 Å². The Hall–Kier alpha value is 0.340. The Morgan fingerprint density at radius 2 is 2.30 bits per heavy atom. The number of hydrogen-bond donors (Lipinski definition) is 0. The van der Waals surface area contributed by atoms with Crippen LogP contribution in [0.3, 0.4) is 0 Å². The Balaban J connectivity index is 2.58. The fourth-order valence-electron chi connectivity index (χ4n) is 0.589. The van der Waals surface area contributed by atoms with Crippen LogP contribution in [-0.4, -0.2) is 5.25 Å². The third kappa shape index (κ3) is 2.52. The van der Waals surface area contributed by atoms with Gasteiger partial charge in [0.2, 0.25) is 0 Å². The third-order valence-corrected chi connectivity index (χ3v) is 3.36. The van der Waals surface area contributed by atoms with Gasteiger partial charge in [0.25, 0.3) is 0 Å². The zero-order chi connectivity index (χ0) is 7.56. The van der Waals surface area contributed by atoms with Crippen LogP contribution in [0.15, 0.2) is 15.7 Å². The molecular formula is C7H9ClS2. The second-order valence-corrected chi connectivity index (χ2v) is 5.47. The van der Waals surface area contributed by atoms with Crippen molar-refractivity contribution in [1.82, 2.24) is 0 Å². The molecule has 0 amide bonds. The molecule has 0 unspecified atom stereocenters. The van der Waals surface area contributed by atoms with E-state index in [4.69, 9.17) is 11.6 Å². The molecule has 1 aromatic rings. The molecule has 0 aliphatic carbocycles. The molecule has 0 fully saturated rings. The van der Waals surface area contributed by atoms with E-state index < -0.39 is 0 Å². The first-order chi connectivity index (χ1) is 4.68. The highest BCUT2D eigenvalue weighted by atomic mass is 35.5. The Labute approximate surface area is 74.6 Å². The smallest absolute Gasteiger partial charge is 0.0616 e. The molecule has 1 rings (SSSR count). The molecule has 3 heteroatoms. The van der Waals surface area contributed by atoms with Crippen molar-refractivity contribution in [3.05, 3.63) is 16.5 Å². The summed E-state index contributed by atoms with van der Waals surface area (Å²) in [5.74, 6) is 0. The lowest BCUT2D eigenvalue weighted by molar-refractivity contribution is 1.11. The van der Waals surface area contributed by atoms with Crippen LogP contribution in [0, 0.1) is 0 Å². The minimum absolute atomic E-state index is 0.648. The van der Waals surface area contributed by atoms with Crippen molar-refractivity contribution in [2.45, 2.75) is 23.3 Å². The highest BCUT2D eigenvalue weighted by Crippen LogP contribution is 2.31. The Kier molecular flexibility index (Phi) is 3.08. The van der Waals surface area contributed by atoms with E-state index in [1.165, 1.54) is 4.21 Å². The van der Waals surface area contributed by atoms with E-state index in [1.54, 1.807) is 11.3 Å². The maximum absolute atomic E-state index is 5.74. The number of rotatable bonds is 2. The molecule has 0 spiro atoms. The van der Waals surface area contributed by atoms with Crippen LogP contribution in [0.4, 0.5) is 0 Å². The molecule has 1 aromatic heterocycles. The van der Waals surface area contributed by atoms with Gasteiger partial charge in [0.05, 0.1) is 9.23 Å². The molecule has 0 atom stereocenters. The zero-order valence-corrected chi connectivity index (χ0v) is 8.32. The summed E-state index contributed by atoms with van der Waals surface area (Å²) in [6, 6.07) is 2.01. The molecule has 0 radical (unpaired) electrons. The topological polar surface area (TPSA) is 0 Å². The van der Waals surface area contributed by atoms with Crippen LogP contribution in [0.5, 0.6) is 0 Å². The van der Waals surface area contributed by atoms with Crippen LogP contribution < -0.4 is 0 Å². The van der Waals surface area contributed by atoms with Crippen molar-refractivity contribution >= 4 is 34.7 Å². The molecule has 0 N–H and O–H groups in total. The van der Waals surface area contributed by atoms with Crippen LogP contribution >= 0.6 is 34.7 Å². The average molecular weight is 193 g/mol. The van der Waals surface area contributed by atoms with Crippen molar-refractivity contribution in [3.63, 3.8) is 0 Å². The van der Waals surface area contributed by atoms with Gasteiger partial charge >= 0.3 is 0 Å². The van der Waals surface area contributed by atoms with E-state index in [2.05, 4.69) is 13.8 Å². The quantitative estimate of drug-likeness (QED) is 0.641. The highest BCUT2D eigenvalue weighted by Gasteiger charge is 2.00. The molecule has 0 saturated carbocycles. The molecule has 0 aliphatic heterocycles. The molecular weight excluding hydrogens is 184 g/mol. The second kappa shape index (κ2) is 3.65. The van der Waals surface area contributed by atoms with Crippen molar-refractivity contribution < 1.29 is 0 Å². The minimum atomic E-state index is 0.648. The van der Waals surface area contributed by atoms with E-state index in [9.17, 15) is 0 Å². The van der Waals surface area contributed by atoms with E-state index >= 15 is 0 Å². The normalized spacial score (nSPS) is 10.8. The van der Waals surface area contributed by atoms with Gasteiger partial charge in [0.1, 0.15) is 0 Å². The Morgan fingerprint density at radius 1 is 1.60 bits per heavy atom. The maximum Gasteiger partial charge on any atom is 0.0616 e. The van der Waals surface area contributed by atoms with Crippen LogP contribution in [0.25, 0.3) is 0 Å². The molecule has 0 nitrogen and oxygen atoms in total. The van der Waals surface area contributed by atoms with Crippen molar-refractivity contribution in [3.8, 4) is 0 Å². The van der Waals surface area contributed by atoms with E-state index in [0.717, 1.165) is 5.02 Å². The second-order valence-electron chi connectivity index (χ2n) is 2.25. The molecule has 1 heterocycles. The van der Waals surface area contributed by atoms with Gasteiger partial charge in [0.15, 0.2) is 0 Å². The predicted octanol–water partition coefficient (Wildman–Crippen LogP) is 3.90. The summed E-state index contributed by atoms with van der Waals surface area (Å²) in [7, 11) is 0. The summed E-state index contributed by atoms with van der Waals surface area (Å²) in [6.07, 6.45) is 0. The molecule has 0 saturated heterocycles. The van der Waals surface area contributed by atoms with Crippen molar-refractivity contribution in [2.24, 2.45) is 0 Å². The van der Waals surface area contributed by atoms with Gasteiger partial charge in [-0.25, -0.2) is 0 Å². The van der Waals surface area contributed by atoms with Gasteiger partial charge in [0, 0.05) is 10.6 Å². The van der Waals surface area contributed by atoms with Crippen LogP contribution in [0.1, 0.15) is 13.8 Å². The number of hydrogen-bond acceptors (Lipinski definition) is 2. The number of halogens is 1. The van der Waals surface area contributed by atoms with Gasteiger partial charge in [-0.3, -0.25) is 0 Å². The van der Waals surface area contributed by atoms with Crippen LogP contribution in [-0.2, 0) is 0 Å². The predicted molar refractivity (Wildman–Crippen MR) is 50.3 cm³/mol. The lowest BCUT2D eigenvalue weighted by atomic mass is 10.6. The fourth-order valence-corrected chi connectivity index (χ4v) is 3.06. The van der Waals surface area contributed by atoms with Gasteiger partial charge in [-0.2, -0.15) is 0 Å². The van der Waals surface area contributed by atoms with E-state index in [1.807, 2.05) is 23.2 Å². The highest BCUT2D eigenvalue weighted by molar-refractivity contribution is 8.01. The minimum Gasteiger partial charge on any atom is -0.136 e. The standard InChI is InChI=1S/C7H9ClS2/c1-5(2)10-7-3-6(8)4-9-7/h3-5H,1-2H3. The monoisotopic (exact) mass is 192 g/mol. The molecule has 10 heavy (non-hydrogen) atoms. The van der Waals surface area contributed by atoms with Gasteiger partial charge < -0.3 is 0 Å². The summed E-state index contributed by atoms with van der Waals surface area (Å²) in [5.41, 5.74) is 0. The first kappa shape index (κ1) is 8.44. The number of thioether (sulfide) groups is 1. The van der Waals surface area contributed by atoms with E-state index in [0.29, 0.717) is 5.25 Å². The number of thiophene rings is 1. The molecule has 0 bridgehead atoms. The zero-order valence-electron chi connectivity index (χ0n) is 5.93. The van der Waals surface area contributed by atoms with Crippen molar-refractivity contribution in [2.75, 3.05) is 0 Å². The summed E-state index contributed by atoms with van der Waals surface area (Å²) < 4.78 is 1.31. The third-order valence-electron chi connectivity index (χ3n) is 0.895. The maximum atomic E-state index is 5.74. The Bertz CT molecular complexity index is 205. The summed E-state index contributed by atoms with van der Waals surface area (Å²) in [4.78, 5) is 0. The fraction of sp³-hybridized carbons (Fsp3) is 0.429. The first-order valence-electron chi connectivity index (χ1n) is 3.09. The largest absolute Gasteiger partial charge is 0.136 e.